The molecule has 0 amide bonds. The normalized spacial score (nSPS) is 18.2. The minimum atomic E-state index is -3.55. The van der Waals surface area contributed by atoms with Crippen molar-refractivity contribution in [2.24, 2.45) is 0 Å². The molecule has 0 bridgehead atoms. The molecule has 6 heteroatoms. The summed E-state index contributed by atoms with van der Waals surface area (Å²) < 4.78 is 26.2. The molecular weight excluding hydrogens is 281 g/mol. The zero-order valence-corrected chi connectivity index (χ0v) is 11.5. The minimum Gasteiger partial charge on any atom is -0.207 e. The van der Waals surface area contributed by atoms with Crippen LogP contribution >= 0.6 is 23.2 Å². The van der Waals surface area contributed by atoms with E-state index in [1.807, 2.05) is 0 Å². The largest absolute Gasteiger partial charge is 0.246 e. The van der Waals surface area contributed by atoms with Crippen LogP contribution in [-0.2, 0) is 10.0 Å². The van der Waals surface area contributed by atoms with Gasteiger partial charge in [0.15, 0.2) is 0 Å². The second-order valence-electron chi connectivity index (χ2n) is 4.02. The van der Waals surface area contributed by atoms with Crippen molar-refractivity contribution in [3.63, 3.8) is 0 Å². The van der Waals surface area contributed by atoms with Crippen molar-refractivity contribution in [1.82, 2.24) is 4.31 Å². The van der Waals surface area contributed by atoms with E-state index in [-0.39, 0.29) is 14.9 Å². The summed E-state index contributed by atoms with van der Waals surface area (Å²) in [6.07, 6.45) is 2.85. The summed E-state index contributed by atoms with van der Waals surface area (Å²) in [6, 6.07) is 4.73. The summed E-state index contributed by atoms with van der Waals surface area (Å²) in [6.45, 7) is 1.09. The van der Waals surface area contributed by atoms with Crippen molar-refractivity contribution in [3.05, 3.63) is 28.2 Å². The number of rotatable bonds is 2. The van der Waals surface area contributed by atoms with Crippen LogP contribution in [0, 0.1) is 0 Å². The molecule has 94 valence electrons. The zero-order valence-electron chi connectivity index (χ0n) is 9.20. The maximum atomic E-state index is 12.4. The Morgan fingerprint density at radius 2 is 1.53 bits per heavy atom. The summed E-state index contributed by atoms with van der Waals surface area (Å²) in [5.41, 5.74) is 0. The molecule has 1 saturated heterocycles. The lowest BCUT2D eigenvalue weighted by Crippen LogP contribution is -2.35. The predicted molar refractivity (Wildman–Crippen MR) is 69.1 cm³/mol. The van der Waals surface area contributed by atoms with Crippen LogP contribution in [0.25, 0.3) is 0 Å². The fourth-order valence-electron chi connectivity index (χ4n) is 1.96. The van der Waals surface area contributed by atoms with E-state index < -0.39 is 10.0 Å². The van der Waals surface area contributed by atoms with E-state index in [4.69, 9.17) is 23.2 Å². The third-order valence-electron chi connectivity index (χ3n) is 2.83. The molecule has 0 N–H and O–H groups in total. The Morgan fingerprint density at radius 1 is 1.00 bits per heavy atom. The number of halogens is 2. The molecule has 1 aromatic rings. The number of nitrogens with zero attached hydrogens (tertiary/aromatic N) is 1. The molecule has 1 fully saturated rings. The molecular formula is C11H13Cl2NO2S. The minimum absolute atomic E-state index is 0.0326. The van der Waals surface area contributed by atoms with Gasteiger partial charge in [-0.1, -0.05) is 35.7 Å². The molecule has 0 atom stereocenters. The lowest BCUT2D eigenvalue weighted by Gasteiger charge is -2.26. The van der Waals surface area contributed by atoms with Gasteiger partial charge < -0.3 is 0 Å². The fraction of sp³-hybridized carbons (Fsp3) is 0.455. The van der Waals surface area contributed by atoms with Crippen LogP contribution in [-0.4, -0.2) is 25.8 Å². The Morgan fingerprint density at radius 3 is 2.06 bits per heavy atom. The number of benzene rings is 1. The van der Waals surface area contributed by atoms with Gasteiger partial charge in [-0.3, -0.25) is 0 Å². The Kier molecular flexibility index (Phi) is 3.98. The Bertz CT molecular complexity index is 490. The van der Waals surface area contributed by atoms with E-state index in [9.17, 15) is 8.42 Å². The van der Waals surface area contributed by atoms with E-state index in [1.54, 1.807) is 18.2 Å². The van der Waals surface area contributed by atoms with Gasteiger partial charge in [0.05, 0.1) is 10.0 Å². The van der Waals surface area contributed by atoms with Crippen LogP contribution in [0.1, 0.15) is 19.3 Å². The predicted octanol–water partition coefficient (Wildman–Crippen LogP) is 3.17. The molecule has 1 aliphatic rings. The fourth-order valence-corrected chi connectivity index (χ4v) is 4.57. The highest BCUT2D eigenvalue weighted by Crippen LogP contribution is 2.32. The molecule has 1 aromatic carbocycles. The average molecular weight is 294 g/mol. The molecule has 1 heterocycles. The first-order valence-corrected chi connectivity index (χ1v) is 7.67. The highest BCUT2D eigenvalue weighted by atomic mass is 35.5. The van der Waals surface area contributed by atoms with Crippen molar-refractivity contribution in [1.29, 1.82) is 0 Å². The standard InChI is InChI=1S/C11H13Cl2NO2S/c12-9-5-4-6-10(13)11(9)17(15,16)14-7-2-1-3-8-14/h4-6H,1-3,7-8H2. The third kappa shape index (κ3) is 2.60. The third-order valence-corrected chi connectivity index (χ3v) is 5.69. The molecule has 1 aliphatic heterocycles. The molecule has 0 aliphatic carbocycles. The van der Waals surface area contributed by atoms with Crippen LogP contribution < -0.4 is 0 Å². The number of sulfonamides is 1. The lowest BCUT2D eigenvalue weighted by atomic mass is 10.2. The first kappa shape index (κ1) is 13.1. The molecule has 0 spiro atoms. The molecule has 0 aromatic heterocycles. The van der Waals surface area contributed by atoms with Crippen molar-refractivity contribution >= 4 is 33.2 Å². The average Bonchev–Trinajstić information content (AvgIpc) is 2.29. The number of hydrogen-bond acceptors (Lipinski definition) is 2. The summed E-state index contributed by atoms with van der Waals surface area (Å²) in [5, 5.41) is 0.367. The first-order chi connectivity index (χ1) is 8.03. The molecule has 0 saturated carbocycles. The van der Waals surface area contributed by atoms with Crippen LogP contribution in [0.15, 0.2) is 23.1 Å². The second kappa shape index (κ2) is 5.14. The highest BCUT2D eigenvalue weighted by Gasteiger charge is 2.29. The summed E-state index contributed by atoms with van der Waals surface area (Å²) >= 11 is 11.9. The van der Waals surface area contributed by atoms with Gasteiger partial charge in [0.1, 0.15) is 4.90 Å². The van der Waals surface area contributed by atoms with Crippen molar-refractivity contribution in [2.45, 2.75) is 24.2 Å². The highest BCUT2D eigenvalue weighted by molar-refractivity contribution is 7.89. The van der Waals surface area contributed by atoms with Crippen molar-refractivity contribution in [3.8, 4) is 0 Å². The Labute approximate surface area is 111 Å². The van der Waals surface area contributed by atoms with Gasteiger partial charge in [-0.2, -0.15) is 4.31 Å². The van der Waals surface area contributed by atoms with E-state index >= 15 is 0 Å². The smallest absolute Gasteiger partial charge is 0.207 e. The van der Waals surface area contributed by atoms with E-state index in [0.717, 1.165) is 19.3 Å². The van der Waals surface area contributed by atoms with Crippen LogP contribution in [0.5, 0.6) is 0 Å². The lowest BCUT2D eigenvalue weighted by molar-refractivity contribution is 0.346. The molecule has 0 radical (unpaired) electrons. The summed E-state index contributed by atoms with van der Waals surface area (Å²) in [7, 11) is -3.55. The molecule has 0 unspecified atom stereocenters. The maximum Gasteiger partial charge on any atom is 0.246 e. The van der Waals surface area contributed by atoms with Gasteiger partial charge in [0.25, 0.3) is 0 Å². The Balaban J connectivity index is 2.44. The monoisotopic (exact) mass is 293 g/mol. The van der Waals surface area contributed by atoms with E-state index in [0.29, 0.717) is 13.1 Å². The Hall–Kier alpha value is -0.290. The van der Waals surface area contributed by atoms with Gasteiger partial charge in [0.2, 0.25) is 10.0 Å². The van der Waals surface area contributed by atoms with Crippen LogP contribution in [0.4, 0.5) is 0 Å². The van der Waals surface area contributed by atoms with Gasteiger partial charge in [-0.25, -0.2) is 8.42 Å². The molecule has 3 nitrogen and oxygen atoms in total. The van der Waals surface area contributed by atoms with Gasteiger partial charge in [-0.15, -0.1) is 0 Å². The van der Waals surface area contributed by atoms with Gasteiger partial charge in [0, 0.05) is 13.1 Å². The second-order valence-corrected chi connectivity index (χ2v) is 6.70. The number of piperidine rings is 1. The summed E-state index contributed by atoms with van der Waals surface area (Å²) in [5.74, 6) is 0. The van der Waals surface area contributed by atoms with E-state index in [2.05, 4.69) is 0 Å². The van der Waals surface area contributed by atoms with E-state index in [1.165, 1.54) is 4.31 Å². The summed E-state index contributed by atoms with van der Waals surface area (Å²) in [4.78, 5) is 0.0326. The first-order valence-electron chi connectivity index (χ1n) is 5.47. The zero-order chi connectivity index (χ0) is 12.5. The van der Waals surface area contributed by atoms with Gasteiger partial charge in [-0.05, 0) is 25.0 Å². The SMILES string of the molecule is O=S(=O)(c1c(Cl)cccc1Cl)N1CCCCC1. The molecule has 17 heavy (non-hydrogen) atoms. The maximum absolute atomic E-state index is 12.4. The molecule has 2 rings (SSSR count). The quantitative estimate of drug-likeness (QED) is 0.840. The van der Waals surface area contributed by atoms with Gasteiger partial charge >= 0.3 is 0 Å². The number of hydrogen-bond donors (Lipinski definition) is 0. The topological polar surface area (TPSA) is 37.4 Å². The van der Waals surface area contributed by atoms with Crippen molar-refractivity contribution in [2.75, 3.05) is 13.1 Å². The van der Waals surface area contributed by atoms with Crippen molar-refractivity contribution < 1.29 is 8.42 Å². The van der Waals surface area contributed by atoms with Crippen LogP contribution in [0.2, 0.25) is 10.0 Å². The van der Waals surface area contributed by atoms with Crippen LogP contribution in [0.3, 0.4) is 0 Å².